The number of nitrogens with one attached hydrogen (secondary N) is 1. The molecule has 9 heteroatoms. The Bertz CT molecular complexity index is 1250. The molecule has 7 nitrogen and oxygen atoms in total. The van der Waals surface area contributed by atoms with E-state index in [1.165, 1.54) is 12.5 Å². The van der Waals surface area contributed by atoms with E-state index in [2.05, 4.69) is 21.6 Å². The minimum absolute atomic E-state index is 0.00596. The summed E-state index contributed by atoms with van der Waals surface area (Å²) in [6.07, 6.45) is 5.80. The maximum absolute atomic E-state index is 13.6. The minimum Gasteiger partial charge on any atom is -0.339 e. The van der Waals surface area contributed by atoms with E-state index >= 15 is 0 Å². The van der Waals surface area contributed by atoms with E-state index in [0.717, 1.165) is 63.0 Å². The molecule has 0 spiro atoms. The summed E-state index contributed by atoms with van der Waals surface area (Å²) in [5, 5.41) is 0.195. The summed E-state index contributed by atoms with van der Waals surface area (Å²) in [7, 11) is 0.309. The number of piperazine rings is 1. The normalized spacial score (nSPS) is 25.1. The molecule has 3 aliphatic rings. The van der Waals surface area contributed by atoms with Crippen LogP contribution >= 0.6 is 11.6 Å². The molecule has 0 radical (unpaired) electrons. The van der Waals surface area contributed by atoms with Gasteiger partial charge < -0.3 is 9.80 Å². The molecular formula is C28H37ClN4O3S. The first-order valence-electron chi connectivity index (χ1n) is 13.3. The van der Waals surface area contributed by atoms with Crippen LogP contribution in [-0.4, -0.2) is 81.4 Å². The highest BCUT2D eigenvalue weighted by Crippen LogP contribution is 2.35. The number of fused-ring (bicyclic) bond motifs is 1. The largest absolute Gasteiger partial charge is 0.339 e. The zero-order valence-electron chi connectivity index (χ0n) is 21.7. The molecule has 2 aliphatic carbocycles. The molecule has 37 heavy (non-hydrogen) atoms. The van der Waals surface area contributed by atoms with E-state index in [1.807, 2.05) is 30.1 Å². The number of nitrogens with zero attached hydrogens (tertiary/aromatic N) is 3. The molecule has 1 saturated carbocycles. The lowest BCUT2D eigenvalue weighted by atomic mass is 9.88. The Labute approximate surface area is 225 Å². The standard InChI is InChI=1S/C28H37ClN4O3S/c1-31-14-16-33(17-15-31)23-7-5-6-22(19-23)32(2)28(34)21-11-10-20-12-13-26(24(20)18-21)30-37(35,36)27-9-4-3-8-25(27)29/h3-4,8-11,18,22-23,26,30H,5-7,12-17,19H2,1-2H3/t22-,23+,26+/m0/s1. The van der Waals surface area contributed by atoms with E-state index in [1.54, 1.807) is 18.2 Å². The molecule has 200 valence electrons. The number of carbonyl (C=O) groups is 1. The predicted octanol–water partition coefficient (Wildman–Crippen LogP) is 3.94. The lowest BCUT2D eigenvalue weighted by Gasteiger charge is -2.43. The summed E-state index contributed by atoms with van der Waals surface area (Å²) in [5.74, 6) is 0.00596. The zero-order valence-corrected chi connectivity index (χ0v) is 23.3. The van der Waals surface area contributed by atoms with Crippen molar-refractivity contribution in [3.63, 3.8) is 0 Å². The second-order valence-corrected chi connectivity index (χ2v) is 12.9. The van der Waals surface area contributed by atoms with Gasteiger partial charge in [-0.25, -0.2) is 13.1 Å². The number of benzene rings is 2. The molecule has 3 atom stereocenters. The number of rotatable bonds is 6. The Morgan fingerprint density at radius 2 is 1.81 bits per heavy atom. The third kappa shape index (κ3) is 5.73. The van der Waals surface area contributed by atoms with Gasteiger partial charge in [-0.15, -0.1) is 0 Å². The van der Waals surface area contributed by atoms with Gasteiger partial charge in [0.05, 0.1) is 5.02 Å². The minimum atomic E-state index is -3.79. The molecule has 0 unspecified atom stereocenters. The quantitative estimate of drug-likeness (QED) is 0.596. The molecule has 2 aromatic rings. The molecule has 2 aromatic carbocycles. The van der Waals surface area contributed by atoms with Crippen molar-refractivity contribution >= 4 is 27.5 Å². The molecule has 0 bridgehead atoms. The second-order valence-electron chi connectivity index (χ2n) is 10.8. The van der Waals surface area contributed by atoms with Crippen LogP contribution in [0.3, 0.4) is 0 Å². The van der Waals surface area contributed by atoms with Crippen LogP contribution in [0.2, 0.25) is 5.02 Å². The topological polar surface area (TPSA) is 73.0 Å². The van der Waals surface area contributed by atoms with Crippen LogP contribution in [0, 0.1) is 0 Å². The van der Waals surface area contributed by atoms with Crippen LogP contribution in [0.25, 0.3) is 0 Å². The predicted molar refractivity (Wildman–Crippen MR) is 146 cm³/mol. The van der Waals surface area contributed by atoms with E-state index < -0.39 is 10.0 Å². The van der Waals surface area contributed by atoms with Crippen LogP contribution in [0.5, 0.6) is 0 Å². The van der Waals surface area contributed by atoms with E-state index in [4.69, 9.17) is 11.6 Å². The van der Waals surface area contributed by atoms with Crippen molar-refractivity contribution in [1.82, 2.24) is 19.4 Å². The number of aryl methyl sites for hydroxylation is 1. The third-order valence-corrected chi connectivity index (χ3v) is 10.4. The van der Waals surface area contributed by atoms with Gasteiger partial charge in [0.1, 0.15) is 4.90 Å². The van der Waals surface area contributed by atoms with Gasteiger partial charge in [-0.1, -0.05) is 29.8 Å². The van der Waals surface area contributed by atoms with Crippen molar-refractivity contribution in [2.45, 2.75) is 61.5 Å². The zero-order chi connectivity index (χ0) is 26.2. The average molecular weight is 545 g/mol. The molecule has 1 heterocycles. The van der Waals surface area contributed by atoms with Crippen LogP contribution in [0.15, 0.2) is 47.4 Å². The highest BCUT2D eigenvalue weighted by atomic mass is 35.5. The smallest absolute Gasteiger partial charge is 0.253 e. The van der Waals surface area contributed by atoms with Crippen LogP contribution in [-0.2, 0) is 16.4 Å². The summed E-state index contributed by atoms with van der Waals surface area (Å²) in [4.78, 5) is 20.6. The summed E-state index contributed by atoms with van der Waals surface area (Å²) in [5.41, 5.74) is 2.58. The molecule has 0 aromatic heterocycles. The summed E-state index contributed by atoms with van der Waals surface area (Å²) >= 11 is 6.16. The first-order valence-corrected chi connectivity index (χ1v) is 15.2. The summed E-state index contributed by atoms with van der Waals surface area (Å²) in [6.45, 7) is 4.41. The number of carbonyl (C=O) groups excluding carboxylic acids is 1. The van der Waals surface area contributed by atoms with Crippen molar-refractivity contribution in [2.75, 3.05) is 40.3 Å². The Morgan fingerprint density at radius 3 is 2.57 bits per heavy atom. The molecule has 1 N–H and O–H groups in total. The third-order valence-electron chi connectivity index (χ3n) is 8.44. The van der Waals surface area contributed by atoms with Gasteiger partial charge in [0.15, 0.2) is 0 Å². The van der Waals surface area contributed by atoms with Crippen molar-refractivity contribution in [1.29, 1.82) is 0 Å². The van der Waals surface area contributed by atoms with E-state index in [9.17, 15) is 13.2 Å². The Balaban J connectivity index is 1.28. The van der Waals surface area contributed by atoms with Crippen molar-refractivity contribution in [3.05, 3.63) is 64.2 Å². The molecule has 2 fully saturated rings. The Kier molecular flexibility index (Phi) is 7.93. The lowest BCUT2D eigenvalue weighted by Crippen LogP contribution is -2.52. The molecule has 1 saturated heterocycles. The van der Waals surface area contributed by atoms with Gasteiger partial charge >= 0.3 is 0 Å². The Morgan fingerprint density at radius 1 is 1.05 bits per heavy atom. The van der Waals surface area contributed by atoms with Gasteiger partial charge in [0.2, 0.25) is 10.0 Å². The van der Waals surface area contributed by atoms with E-state index in [-0.39, 0.29) is 27.9 Å². The number of amides is 1. The van der Waals surface area contributed by atoms with Crippen LogP contribution in [0.1, 0.15) is 59.6 Å². The van der Waals surface area contributed by atoms with Gasteiger partial charge in [0, 0.05) is 56.9 Å². The molecule has 1 amide bonds. The number of sulfonamides is 1. The highest BCUT2D eigenvalue weighted by molar-refractivity contribution is 7.89. The van der Waals surface area contributed by atoms with Gasteiger partial charge in [0.25, 0.3) is 5.91 Å². The monoisotopic (exact) mass is 544 g/mol. The maximum Gasteiger partial charge on any atom is 0.253 e. The van der Waals surface area contributed by atoms with E-state index in [0.29, 0.717) is 18.0 Å². The summed E-state index contributed by atoms with van der Waals surface area (Å²) < 4.78 is 28.9. The fourth-order valence-corrected chi connectivity index (χ4v) is 7.92. The van der Waals surface area contributed by atoms with Gasteiger partial charge in [-0.3, -0.25) is 9.69 Å². The fourth-order valence-electron chi connectivity index (χ4n) is 6.15. The maximum atomic E-state index is 13.6. The summed E-state index contributed by atoms with van der Waals surface area (Å²) in [6, 6.07) is 12.6. The van der Waals surface area contributed by atoms with Crippen LogP contribution < -0.4 is 4.72 Å². The molecule has 1 aliphatic heterocycles. The average Bonchev–Trinajstić information content (AvgIpc) is 3.29. The van der Waals surface area contributed by atoms with Crippen molar-refractivity contribution < 1.29 is 13.2 Å². The molecule has 5 rings (SSSR count). The fraction of sp³-hybridized carbons (Fsp3) is 0.536. The molecular weight excluding hydrogens is 508 g/mol. The first-order chi connectivity index (χ1) is 17.7. The highest BCUT2D eigenvalue weighted by Gasteiger charge is 2.33. The number of likely N-dealkylation sites (N-methyl/N-ethyl adjacent to an activating group) is 1. The SMILES string of the molecule is CN1CCN([C@@H]2CCC[C@H](N(C)C(=O)c3ccc4c(c3)[C@H](NS(=O)(=O)c3ccccc3Cl)CC4)C2)CC1. The first kappa shape index (κ1) is 26.6. The van der Waals surface area contributed by atoms with Crippen molar-refractivity contribution in [2.24, 2.45) is 0 Å². The van der Waals surface area contributed by atoms with Gasteiger partial charge in [-0.05, 0) is 81.0 Å². The number of hydrogen-bond donors (Lipinski definition) is 1. The number of halogens is 1. The van der Waals surface area contributed by atoms with Gasteiger partial charge in [-0.2, -0.15) is 0 Å². The van der Waals surface area contributed by atoms with Crippen molar-refractivity contribution in [3.8, 4) is 0 Å². The number of hydrogen-bond acceptors (Lipinski definition) is 5. The second kappa shape index (κ2) is 11.0. The Hall–Kier alpha value is -1.97. The lowest BCUT2D eigenvalue weighted by molar-refractivity contribution is 0.0496. The van der Waals surface area contributed by atoms with Crippen LogP contribution in [0.4, 0.5) is 0 Å².